The van der Waals surface area contributed by atoms with Crippen molar-refractivity contribution in [1.29, 1.82) is 0 Å². The number of carbonyl (C=O) groups excluding carboxylic acids is 1. The van der Waals surface area contributed by atoms with Gasteiger partial charge in [0, 0.05) is 13.3 Å². The molecule has 3 nitrogen and oxygen atoms in total. The number of carbonyl (C=O) groups is 1. The highest BCUT2D eigenvalue weighted by atomic mass is 16.6. The highest BCUT2D eigenvalue weighted by molar-refractivity contribution is 5.66. The molecule has 0 N–H and O–H groups in total. The lowest BCUT2D eigenvalue weighted by molar-refractivity contribution is -0.159. The standard InChI is InChI=1S/C13H26O3/c1-8-12(4,5)15-10(2)9-13(6,7)16-11(3)14/h10H,8-9H2,1-7H3. The summed E-state index contributed by atoms with van der Waals surface area (Å²) in [6.45, 7) is 13.5. The second-order valence-corrected chi connectivity index (χ2v) is 5.60. The molecule has 3 heteroatoms. The second kappa shape index (κ2) is 5.67. The van der Waals surface area contributed by atoms with Crippen LogP contribution >= 0.6 is 0 Å². The topological polar surface area (TPSA) is 35.5 Å². The van der Waals surface area contributed by atoms with Crippen molar-refractivity contribution in [3.8, 4) is 0 Å². The van der Waals surface area contributed by atoms with Crippen molar-refractivity contribution in [2.75, 3.05) is 0 Å². The quantitative estimate of drug-likeness (QED) is 0.657. The molecule has 0 aliphatic rings. The van der Waals surface area contributed by atoms with Crippen LogP contribution in [0.15, 0.2) is 0 Å². The molecule has 16 heavy (non-hydrogen) atoms. The fourth-order valence-corrected chi connectivity index (χ4v) is 1.79. The first-order valence-corrected chi connectivity index (χ1v) is 5.95. The van der Waals surface area contributed by atoms with E-state index in [9.17, 15) is 4.79 Å². The minimum Gasteiger partial charge on any atom is -0.460 e. The third kappa shape index (κ3) is 6.83. The van der Waals surface area contributed by atoms with Crippen LogP contribution in [-0.2, 0) is 14.3 Å². The zero-order valence-corrected chi connectivity index (χ0v) is 11.7. The molecule has 0 aliphatic heterocycles. The summed E-state index contributed by atoms with van der Waals surface area (Å²) in [4.78, 5) is 10.9. The van der Waals surface area contributed by atoms with Gasteiger partial charge in [0.25, 0.3) is 0 Å². The van der Waals surface area contributed by atoms with Crippen molar-refractivity contribution in [1.82, 2.24) is 0 Å². The molecule has 0 spiro atoms. The highest BCUT2D eigenvalue weighted by Crippen LogP contribution is 2.23. The van der Waals surface area contributed by atoms with Gasteiger partial charge in [0.1, 0.15) is 5.60 Å². The van der Waals surface area contributed by atoms with Gasteiger partial charge < -0.3 is 9.47 Å². The Morgan fingerprint density at radius 1 is 1.19 bits per heavy atom. The third-order valence-electron chi connectivity index (χ3n) is 2.57. The maximum absolute atomic E-state index is 10.9. The van der Waals surface area contributed by atoms with E-state index in [4.69, 9.17) is 9.47 Å². The van der Waals surface area contributed by atoms with E-state index in [1.807, 2.05) is 20.8 Å². The Morgan fingerprint density at radius 2 is 1.69 bits per heavy atom. The predicted molar refractivity (Wildman–Crippen MR) is 65.4 cm³/mol. The Bertz CT molecular complexity index is 231. The van der Waals surface area contributed by atoms with E-state index in [2.05, 4.69) is 20.8 Å². The molecule has 0 aliphatic carbocycles. The van der Waals surface area contributed by atoms with Gasteiger partial charge in [0.15, 0.2) is 0 Å². The average molecular weight is 230 g/mol. The normalized spacial score (nSPS) is 14.7. The van der Waals surface area contributed by atoms with Gasteiger partial charge in [-0.15, -0.1) is 0 Å². The minimum absolute atomic E-state index is 0.0734. The monoisotopic (exact) mass is 230 g/mol. The molecular formula is C13H26O3. The molecule has 0 radical (unpaired) electrons. The van der Waals surface area contributed by atoms with E-state index in [1.165, 1.54) is 6.92 Å². The Kier molecular flexibility index (Phi) is 5.47. The Morgan fingerprint density at radius 3 is 2.06 bits per heavy atom. The van der Waals surface area contributed by atoms with Gasteiger partial charge in [-0.3, -0.25) is 4.79 Å². The van der Waals surface area contributed by atoms with Crippen LogP contribution in [-0.4, -0.2) is 23.3 Å². The molecule has 0 heterocycles. The van der Waals surface area contributed by atoms with E-state index in [-0.39, 0.29) is 17.7 Å². The fraction of sp³-hybridized carbons (Fsp3) is 0.923. The Labute approximate surface area is 99.5 Å². The molecule has 0 aromatic carbocycles. The summed E-state index contributed by atoms with van der Waals surface area (Å²) in [5.41, 5.74) is -0.583. The van der Waals surface area contributed by atoms with Gasteiger partial charge >= 0.3 is 5.97 Å². The maximum Gasteiger partial charge on any atom is 0.303 e. The Hall–Kier alpha value is -0.570. The van der Waals surface area contributed by atoms with Gasteiger partial charge in [-0.05, 0) is 41.0 Å². The highest BCUT2D eigenvalue weighted by Gasteiger charge is 2.27. The van der Waals surface area contributed by atoms with Crippen molar-refractivity contribution in [2.24, 2.45) is 0 Å². The number of esters is 1. The van der Waals surface area contributed by atoms with Crippen molar-refractivity contribution in [3.05, 3.63) is 0 Å². The van der Waals surface area contributed by atoms with Gasteiger partial charge in [-0.2, -0.15) is 0 Å². The van der Waals surface area contributed by atoms with Crippen LogP contribution in [0.2, 0.25) is 0 Å². The molecule has 0 saturated heterocycles. The minimum atomic E-state index is -0.463. The molecule has 0 saturated carbocycles. The molecule has 0 aromatic heterocycles. The van der Waals surface area contributed by atoms with Crippen molar-refractivity contribution >= 4 is 5.97 Å². The van der Waals surface area contributed by atoms with Crippen molar-refractivity contribution in [3.63, 3.8) is 0 Å². The summed E-state index contributed by atoms with van der Waals surface area (Å²) in [7, 11) is 0. The lowest BCUT2D eigenvalue weighted by atomic mass is 10.00. The first-order valence-electron chi connectivity index (χ1n) is 5.95. The maximum atomic E-state index is 10.9. The smallest absolute Gasteiger partial charge is 0.303 e. The largest absolute Gasteiger partial charge is 0.460 e. The summed E-state index contributed by atoms with van der Waals surface area (Å²) in [6.07, 6.45) is 1.74. The van der Waals surface area contributed by atoms with Crippen LogP contribution in [0, 0.1) is 0 Å². The van der Waals surface area contributed by atoms with Gasteiger partial charge in [0.05, 0.1) is 11.7 Å². The number of rotatable bonds is 6. The van der Waals surface area contributed by atoms with Gasteiger partial charge in [-0.1, -0.05) is 6.92 Å². The van der Waals surface area contributed by atoms with Gasteiger partial charge in [-0.25, -0.2) is 0 Å². The molecule has 0 aromatic rings. The van der Waals surface area contributed by atoms with Crippen molar-refractivity contribution in [2.45, 2.75) is 78.6 Å². The van der Waals surface area contributed by atoms with E-state index in [0.717, 1.165) is 6.42 Å². The molecule has 1 atom stereocenters. The number of hydrogen-bond acceptors (Lipinski definition) is 3. The van der Waals surface area contributed by atoms with Crippen LogP contribution < -0.4 is 0 Å². The number of ether oxygens (including phenoxy) is 2. The lowest BCUT2D eigenvalue weighted by Crippen LogP contribution is -2.36. The van der Waals surface area contributed by atoms with Crippen LogP contribution in [0.25, 0.3) is 0 Å². The molecule has 0 rings (SSSR count). The van der Waals surface area contributed by atoms with E-state index < -0.39 is 5.60 Å². The first-order chi connectivity index (χ1) is 7.08. The molecule has 1 unspecified atom stereocenters. The van der Waals surface area contributed by atoms with Crippen LogP contribution in [0.4, 0.5) is 0 Å². The van der Waals surface area contributed by atoms with Crippen LogP contribution in [0.5, 0.6) is 0 Å². The molecule has 0 fully saturated rings. The van der Waals surface area contributed by atoms with E-state index >= 15 is 0 Å². The summed E-state index contributed by atoms with van der Waals surface area (Å²) in [6, 6.07) is 0. The summed E-state index contributed by atoms with van der Waals surface area (Å²) >= 11 is 0. The molecule has 0 bridgehead atoms. The molecule has 0 amide bonds. The van der Waals surface area contributed by atoms with Crippen LogP contribution in [0.3, 0.4) is 0 Å². The summed E-state index contributed by atoms with van der Waals surface area (Å²) < 4.78 is 11.2. The second-order valence-electron chi connectivity index (χ2n) is 5.60. The lowest BCUT2D eigenvalue weighted by Gasteiger charge is -2.33. The SMILES string of the molecule is CCC(C)(C)OC(C)CC(C)(C)OC(C)=O. The molecule has 96 valence electrons. The third-order valence-corrected chi connectivity index (χ3v) is 2.57. The summed E-state index contributed by atoms with van der Waals surface area (Å²) in [5.74, 6) is -0.244. The van der Waals surface area contributed by atoms with E-state index in [0.29, 0.717) is 6.42 Å². The zero-order chi connectivity index (χ0) is 13.0. The van der Waals surface area contributed by atoms with Gasteiger partial charge in [0.2, 0.25) is 0 Å². The average Bonchev–Trinajstić information content (AvgIpc) is 1.98. The molecular weight excluding hydrogens is 204 g/mol. The summed E-state index contributed by atoms with van der Waals surface area (Å²) in [5, 5.41) is 0. The zero-order valence-electron chi connectivity index (χ0n) is 11.7. The number of hydrogen-bond donors (Lipinski definition) is 0. The predicted octanol–water partition coefficient (Wildman–Crippen LogP) is 3.31. The Balaban J connectivity index is 4.23. The first kappa shape index (κ1) is 15.4. The van der Waals surface area contributed by atoms with Crippen LogP contribution in [0.1, 0.15) is 61.3 Å². The fourth-order valence-electron chi connectivity index (χ4n) is 1.79. The van der Waals surface area contributed by atoms with Crippen molar-refractivity contribution < 1.29 is 14.3 Å². The van der Waals surface area contributed by atoms with E-state index in [1.54, 1.807) is 0 Å².